The first-order valence-electron chi connectivity index (χ1n) is 11.2. The van der Waals surface area contributed by atoms with Crippen LogP contribution in [-0.4, -0.2) is 68.3 Å². The van der Waals surface area contributed by atoms with Crippen LogP contribution in [0.5, 0.6) is 0 Å². The molecule has 2 atom stereocenters. The molecule has 0 N–H and O–H groups in total. The van der Waals surface area contributed by atoms with E-state index in [0.717, 1.165) is 69.3 Å². The third kappa shape index (κ3) is 5.84. The van der Waals surface area contributed by atoms with E-state index in [-0.39, 0.29) is 0 Å². The summed E-state index contributed by atoms with van der Waals surface area (Å²) in [4.78, 5) is 10.9. The van der Waals surface area contributed by atoms with Gasteiger partial charge in [-0.15, -0.1) is 0 Å². The van der Waals surface area contributed by atoms with Crippen LogP contribution in [0, 0.1) is 23.7 Å². The molecule has 1 unspecified atom stereocenters. The zero-order chi connectivity index (χ0) is 21.1. The highest BCUT2D eigenvalue weighted by Gasteiger charge is 2.43. The number of sulfonamides is 1. The fraction of sp³-hybridized carbons (Fsp3) is 0.810. The molecule has 0 radical (unpaired) electrons. The first kappa shape index (κ1) is 22.2. The largest absolute Gasteiger partial charge is 0.381 e. The lowest BCUT2D eigenvalue weighted by molar-refractivity contribution is 0.0746. The normalized spacial score (nSPS) is 26.8. The van der Waals surface area contributed by atoms with Crippen molar-refractivity contribution in [2.45, 2.75) is 38.5 Å². The van der Waals surface area contributed by atoms with Crippen LogP contribution in [0.1, 0.15) is 38.5 Å². The van der Waals surface area contributed by atoms with Crippen molar-refractivity contribution in [3.05, 3.63) is 17.4 Å². The molecule has 168 valence electrons. The van der Waals surface area contributed by atoms with Gasteiger partial charge in [-0.05, 0) is 62.2 Å². The molecule has 7 nitrogen and oxygen atoms in total. The van der Waals surface area contributed by atoms with Gasteiger partial charge in [0.05, 0.1) is 23.7 Å². The van der Waals surface area contributed by atoms with E-state index in [0.29, 0.717) is 24.0 Å². The molecule has 3 heterocycles. The molecule has 1 aromatic heterocycles. The van der Waals surface area contributed by atoms with E-state index < -0.39 is 10.0 Å². The third-order valence-electron chi connectivity index (χ3n) is 7.04. The Kier molecular flexibility index (Phi) is 7.17. The number of rotatable bonds is 8. The maximum atomic E-state index is 11.6. The number of piperidine rings is 2. The second kappa shape index (κ2) is 9.67. The minimum Gasteiger partial charge on any atom is -0.381 e. The SMILES string of the molecule is CS(=O)(=O)N1CCC(COCC[C@@H]2CC2C2CCN(c3ncc(Cl)cn3)CC2)CC1. The average molecular weight is 457 g/mol. The molecule has 2 aliphatic heterocycles. The van der Waals surface area contributed by atoms with Crippen LogP contribution < -0.4 is 4.90 Å². The van der Waals surface area contributed by atoms with E-state index >= 15 is 0 Å². The van der Waals surface area contributed by atoms with E-state index in [1.54, 1.807) is 16.7 Å². The molecule has 0 spiro atoms. The maximum Gasteiger partial charge on any atom is 0.225 e. The van der Waals surface area contributed by atoms with Crippen molar-refractivity contribution in [3.8, 4) is 0 Å². The summed E-state index contributed by atoms with van der Waals surface area (Å²) in [7, 11) is -3.04. The van der Waals surface area contributed by atoms with Crippen molar-refractivity contribution in [3.63, 3.8) is 0 Å². The smallest absolute Gasteiger partial charge is 0.225 e. The number of aromatic nitrogens is 2. The minimum atomic E-state index is -3.04. The summed E-state index contributed by atoms with van der Waals surface area (Å²) in [5.41, 5.74) is 0. The fourth-order valence-electron chi connectivity index (χ4n) is 5.07. The molecule has 3 aliphatic rings. The Balaban J connectivity index is 1.08. The summed E-state index contributed by atoms with van der Waals surface area (Å²) in [5, 5.41) is 0.580. The minimum absolute atomic E-state index is 0.498. The number of anilines is 1. The maximum absolute atomic E-state index is 11.6. The molecular formula is C21H33ClN4O3S. The van der Waals surface area contributed by atoms with Gasteiger partial charge in [0.1, 0.15) is 0 Å². The van der Waals surface area contributed by atoms with Gasteiger partial charge < -0.3 is 9.64 Å². The molecule has 9 heteroatoms. The zero-order valence-electron chi connectivity index (χ0n) is 17.7. The van der Waals surface area contributed by atoms with Crippen molar-refractivity contribution >= 4 is 27.6 Å². The van der Waals surface area contributed by atoms with Crippen LogP contribution in [0.15, 0.2) is 12.4 Å². The van der Waals surface area contributed by atoms with Crippen LogP contribution in [0.3, 0.4) is 0 Å². The molecule has 4 rings (SSSR count). The molecular weight excluding hydrogens is 424 g/mol. The number of hydrogen-bond donors (Lipinski definition) is 0. The molecule has 3 fully saturated rings. The standard InChI is InChI=1S/C21H33ClN4O3S/c1-30(27,28)26-9-2-16(3-10-26)15-29-11-6-18-12-20(18)17-4-7-25(8-5-17)21-23-13-19(22)14-24-21/h13-14,16-18,20H,2-12,15H2,1H3/t18-,20?/m1/s1. The van der Waals surface area contributed by atoms with E-state index in [4.69, 9.17) is 16.3 Å². The highest BCUT2D eigenvalue weighted by Crippen LogP contribution is 2.49. The van der Waals surface area contributed by atoms with Crippen molar-refractivity contribution in [2.75, 3.05) is 50.5 Å². The third-order valence-corrected chi connectivity index (χ3v) is 8.54. The Morgan fingerprint density at radius 1 is 1.10 bits per heavy atom. The lowest BCUT2D eigenvalue weighted by Gasteiger charge is -2.32. The Labute approximate surface area is 185 Å². The number of nitrogens with zero attached hydrogens (tertiary/aromatic N) is 4. The molecule has 0 aromatic carbocycles. The Morgan fingerprint density at radius 3 is 2.40 bits per heavy atom. The molecule has 0 bridgehead atoms. The average Bonchev–Trinajstić information content (AvgIpc) is 3.51. The highest BCUT2D eigenvalue weighted by molar-refractivity contribution is 7.88. The van der Waals surface area contributed by atoms with Gasteiger partial charge in [0.2, 0.25) is 16.0 Å². The molecule has 30 heavy (non-hydrogen) atoms. The van der Waals surface area contributed by atoms with Crippen LogP contribution in [0.2, 0.25) is 5.02 Å². The molecule has 0 amide bonds. The predicted octanol–water partition coefficient (Wildman–Crippen LogP) is 3.06. The summed E-state index contributed by atoms with van der Waals surface area (Å²) < 4.78 is 30.7. The van der Waals surface area contributed by atoms with Gasteiger partial charge in [-0.1, -0.05) is 11.6 Å². The van der Waals surface area contributed by atoms with Gasteiger partial charge in [0.25, 0.3) is 0 Å². The quantitative estimate of drug-likeness (QED) is 0.559. The van der Waals surface area contributed by atoms with E-state index in [9.17, 15) is 8.42 Å². The van der Waals surface area contributed by atoms with Gasteiger partial charge in [0.15, 0.2) is 0 Å². The first-order chi connectivity index (χ1) is 14.4. The van der Waals surface area contributed by atoms with Crippen LogP contribution in [0.4, 0.5) is 5.95 Å². The highest BCUT2D eigenvalue weighted by atomic mass is 35.5. The monoisotopic (exact) mass is 456 g/mol. The van der Waals surface area contributed by atoms with Gasteiger partial charge in [0, 0.05) is 39.4 Å². The van der Waals surface area contributed by atoms with Crippen LogP contribution >= 0.6 is 11.6 Å². The summed E-state index contributed by atoms with van der Waals surface area (Å²) in [6.45, 7) is 4.93. The topological polar surface area (TPSA) is 75.6 Å². The molecule has 1 aliphatic carbocycles. The van der Waals surface area contributed by atoms with Crippen molar-refractivity contribution in [1.82, 2.24) is 14.3 Å². The van der Waals surface area contributed by atoms with Crippen molar-refractivity contribution < 1.29 is 13.2 Å². The zero-order valence-corrected chi connectivity index (χ0v) is 19.3. The van der Waals surface area contributed by atoms with Crippen molar-refractivity contribution in [2.24, 2.45) is 23.7 Å². The Hall–Kier alpha value is -0.960. The fourth-order valence-corrected chi connectivity index (χ4v) is 6.04. The lowest BCUT2D eigenvalue weighted by Crippen LogP contribution is -2.38. The van der Waals surface area contributed by atoms with Gasteiger partial charge >= 0.3 is 0 Å². The van der Waals surface area contributed by atoms with Gasteiger partial charge in [-0.25, -0.2) is 22.7 Å². The van der Waals surface area contributed by atoms with E-state index in [2.05, 4.69) is 14.9 Å². The second-order valence-electron chi connectivity index (χ2n) is 9.15. The van der Waals surface area contributed by atoms with Gasteiger partial charge in [-0.3, -0.25) is 0 Å². The molecule has 1 saturated carbocycles. The lowest BCUT2D eigenvalue weighted by atomic mass is 9.90. The number of hydrogen-bond acceptors (Lipinski definition) is 6. The number of ether oxygens (including phenoxy) is 1. The summed E-state index contributed by atoms with van der Waals surface area (Å²) in [6.07, 6.45) is 11.4. The summed E-state index contributed by atoms with van der Waals surface area (Å²) in [5.74, 6) is 3.79. The molecule has 1 aromatic rings. The Bertz CT molecular complexity index is 791. The van der Waals surface area contributed by atoms with Crippen LogP contribution in [0.25, 0.3) is 0 Å². The predicted molar refractivity (Wildman–Crippen MR) is 118 cm³/mol. The van der Waals surface area contributed by atoms with Crippen LogP contribution in [-0.2, 0) is 14.8 Å². The number of halogens is 1. The molecule has 2 saturated heterocycles. The Morgan fingerprint density at radius 2 is 1.77 bits per heavy atom. The first-order valence-corrected chi connectivity index (χ1v) is 13.4. The van der Waals surface area contributed by atoms with Gasteiger partial charge in [-0.2, -0.15) is 0 Å². The summed E-state index contributed by atoms with van der Waals surface area (Å²) >= 11 is 5.88. The van der Waals surface area contributed by atoms with E-state index in [1.807, 2.05) is 0 Å². The van der Waals surface area contributed by atoms with E-state index in [1.165, 1.54) is 25.5 Å². The second-order valence-corrected chi connectivity index (χ2v) is 11.6. The van der Waals surface area contributed by atoms with Crippen molar-refractivity contribution in [1.29, 1.82) is 0 Å². The summed E-state index contributed by atoms with van der Waals surface area (Å²) in [6, 6.07) is 0.